The van der Waals surface area contributed by atoms with Crippen molar-refractivity contribution in [1.29, 1.82) is 0 Å². The Bertz CT molecular complexity index is 1100. The fourth-order valence-corrected chi connectivity index (χ4v) is 3.52. The number of hydrogen-bond donors (Lipinski definition) is 2. The average molecular weight is 448 g/mol. The van der Waals surface area contributed by atoms with Gasteiger partial charge in [0.15, 0.2) is 6.29 Å². The molecule has 0 aromatic heterocycles. The minimum atomic E-state index is -0.786. The van der Waals surface area contributed by atoms with Crippen molar-refractivity contribution in [3.05, 3.63) is 90.2 Å². The Morgan fingerprint density at radius 2 is 1.58 bits per heavy atom. The number of ether oxygens (including phenoxy) is 1. The highest BCUT2D eigenvalue weighted by Crippen LogP contribution is 2.24. The SMILES string of the molecule is CC(C)N1C(=O)NC(Nc2ccc(Oc3ccccc3)cc2)N(Cc2ccc(F)cc2)C1=O. The molecule has 1 heterocycles. The van der Waals surface area contributed by atoms with Gasteiger partial charge in [0.2, 0.25) is 0 Å². The molecular weight excluding hydrogens is 423 g/mol. The lowest BCUT2D eigenvalue weighted by Gasteiger charge is -2.42. The van der Waals surface area contributed by atoms with Crippen molar-refractivity contribution in [1.82, 2.24) is 15.1 Å². The molecule has 2 N–H and O–H groups in total. The van der Waals surface area contributed by atoms with Crippen LogP contribution in [0, 0.1) is 5.82 Å². The molecule has 7 nitrogen and oxygen atoms in total. The monoisotopic (exact) mass is 448 g/mol. The predicted molar refractivity (Wildman–Crippen MR) is 123 cm³/mol. The van der Waals surface area contributed by atoms with E-state index in [-0.39, 0.29) is 18.4 Å². The van der Waals surface area contributed by atoms with Gasteiger partial charge in [-0.15, -0.1) is 0 Å². The van der Waals surface area contributed by atoms with Crippen molar-refractivity contribution in [2.24, 2.45) is 0 Å². The van der Waals surface area contributed by atoms with Gasteiger partial charge in [-0.3, -0.25) is 10.2 Å². The summed E-state index contributed by atoms with van der Waals surface area (Å²) in [6.07, 6.45) is -0.786. The highest BCUT2D eigenvalue weighted by Gasteiger charge is 2.39. The maximum Gasteiger partial charge on any atom is 0.331 e. The zero-order valence-electron chi connectivity index (χ0n) is 18.4. The van der Waals surface area contributed by atoms with Gasteiger partial charge >= 0.3 is 12.1 Å². The van der Waals surface area contributed by atoms with Gasteiger partial charge in [0.05, 0.1) is 6.54 Å². The highest BCUT2D eigenvalue weighted by molar-refractivity contribution is 5.96. The lowest BCUT2D eigenvalue weighted by Crippen LogP contribution is -2.68. The van der Waals surface area contributed by atoms with Crippen LogP contribution in [0.4, 0.5) is 19.7 Å². The molecule has 3 aromatic rings. The topological polar surface area (TPSA) is 73.9 Å². The maximum absolute atomic E-state index is 13.3. The molecule has 4 rings (SSSR count). The summed E-state index contributed by atoms with van der Waals surface area (Å²) < 4.78 is 19.1. The molecule has 1 unspecified atom stereocenters. The van der Waals surface area contributed by atoms with E-state index in [0.717, 1.165) is 11.3 Å². The van der Waals surface area contributed by atoms with Crippen molar-refractivity contribution in [3.63, 3.8) is 0 Å². The highest BCUT2D eigenvalue weighted by atomic mass is 19.1. The number of benzene rings is 3. The fourth-order valence-electron chi connectivity index (χ4n) is 3.52. The first-order valence-electron chi connectivity index (χ1n) is 10.6. The van der Waals surface area contributed by atoms with E-state index in [4.69, 9.17) is 4.74 Å². The summed E-state index contributed by atoms with van der Waals surface area (Å²) in [7, 11) is 0. The normalized spacial score (nSPS) is 16.1. The van der Waals surface area contributed by atoms with Crippen molar-refractivity contribution in [2.45, 2.75) is 32.7 Å². The Balaban J connectivity index is 1.52. The quantitative estimate of drug-likeness (QED) is 0.510. The second kappa shape index (κ2) is 9.60. The van der Waals surface area contributed by atoms with Crippen molar-refractivity contribution < 1.29 is 18.7 Å². The van der Waals surface area contributed by atoms with Gasteiger partial charge in [-0.05, 0) is 67.9 Å². The summed E-state index contributed by atoms with van der Waals surface area (Å²) in [6.45, 7) is 3.73. The summed E-state index contributed by atoms with van der Waals surface area (Å²) in [5.74, 6) is 1.03. The molecule has 1 aliphatic heterocycles. The van der Waals surface area contributed by atoms with E-state index in [2.05, 4.69) is 10.6 Å². The number of hydrogen-bond acceptors (Lipinski definition) is 4. The first-order valence-corrected chi connectivity index (χ1v) is 10.6. The zero-order chi connectivity index (χ0) is 23.4. The van der Waals surface area contributed by atoms with Crippen LogP contribution in [-0.2, 0) is 6.54 Å². The number of halogens is 1. The Kier molecular flexibility index (Phi) is 6.44. The van der Waals surface area contributed by atoms with Gasteiger partial charge in [0, 0.05) is 11.7 Å². The molecule has 1 fully saturated rings. The Morgan fingerprint density at radius 1 is 0.939 bits per heavy atom. The van der Waals surface area contributed by atoms with Crippen LogP contribution in [0.3, 0.4) is 0 Å². The largest absolute Gasteiger partial charge is 0.457 e. The number of rotatable bonds is 7. The molecule has 3 aromatic carbocycles. The van der Waals surface area contributed by atoms with Gasteiger partial charge in [0.1, 0.15) is 17.3 Å². The third-order valence-electron chi connectivity index (χ3n) is 5.16. The Morgan fingerprint density at radius 3 is 2.21 bits per heavy atom. The molecule has 0 spiro atoms. The van der Waals surface area contributed by atoms with E-state index in [1.165, 1.54) is 21.9 Å². The molecule has 1 saturated heterocycles. The zero-order valence-corrected chi connectivity index (χ0v) is 18.4. The van der Waals surface area contributed by atoms with E-state index in [1.807, 2.05) is 30.3 Å². The van der Waals surface area contributed by atoms with Crippen LogP contribution in [0.15, 0.2) is 78.9 Å². The number of para-hydroxylation sites is 1. The predicted octanol–water partition coefficient (Wildman–Crippen LogP) is 5.37. The lowest BCUT2D eigenvalue weighted by atomic mass is 10.2. The summed E-state index contributed by atoms with van der Waals surface area (Å²) in [6, 6.07) is 21.3. The molecule has 8 heteroatoms. The van der Waals surface area contributed by atoms with E-state index in [9.17, 15) is 14.0 Å². The van der Waals surface area contributed by atoms with E-state index < -0.39 is 18.4 Å². The Hall–Kier alpha value is -4.07. The lowest BCUT2D eigenvalue weighted by molar-refractivity contribution is 0.0975. The molecule has 33 heavy (non-hydrogen) atoms. The molecule has 170 valence electrons. The molecule has 1 atom stereocenters. The standard InChI is InChI=1S/C25H25FN4O3/c1-17(2)30-24(31)28-23(29(25(30)32)16-18-8-10-19(26)11-9-18)27-20-12-14-22(15-13-20)33-21-6-4-3-5-7-21/h3-15,17,23,27H,16H2,1-2H3,(H,28,31). The van der Waals surface area contributed by atoms with Crippen LogP contribution in [0.25, 0.3) is 0 Å². The van der Waals surface area contributed by atoms with Gasteiger partial charge < -0.3 is 10.1 Å². The number of urea groups is 2. The average Bonchev–Trinajstić information content (AvgIpc) is 2.79. The molecule has 0 saturated carbocycles. The van der Waals surface area contributed by atoms with Gasteiger partial charge in [-0.25, -0.2) is 18.9 Å². The van der Waals surface area contributed by atoms with Crippen LogP contribution in [0.2, 0.25) is 0 Å². The maximum atomic E-state index is 13.3. The second-order valence-electron chi connectivity index (χ2n) is 7.94. The summed E-state index contributed by atoms with van der Waals surface area (Å²) in [5.41, 5.74) is 1.43. The second-order valence-corrected chi connectivity index (χ2v) is 7.94. The van der Waals surface area contributed by atoms with Gasteiger partial charge in [-0.2, -0.15) is 0 Å². The molecular formula is C25H25FN4O3. The summed E-state index contributed by atoms with van der Waals surface area (Å²) >= 11 is 0. The number of nitrogens with one attached hydrogen (secondary N) is 2. The molecule has 1 aliphatic rings. The molecule has 0 aliphatic carbocycles. The smallest absolute Gasteiger partial charge is 0.331 e. The number of carbonyl (C=O) groups is 2. The number of carbonyl (C=O) groups excluding carboxylic acids is 2. The fraction of sp³-hybridized carbons (Fsp3) is 0.200. The van der Waals surface area contributed by atoms with Crippen LogP contribution in [0.5, 0.6) is 11.5 Å². The van der Waals surface area contributed by atoms with E-state index in [1.54, 1.807) is 50.2 Å². The van der Waals surface area contributed by atoms with Crippen LogP contribution >= 0.6 is 0 Å². The Labute approximate surface area is 191 Å². The minimum absolute atomic E-state index is 0.190. The van der Waals surface area contributed by atoms with Crippen molar-refractivity contribution in [2.75, 3.05) is 5.32 Å². The van der Waals surface area contributed by atoms with Gasteiger partial charge in [-0.1, -0.05) is 30.3 Å². The summed E-state index contributed by atoms with van der Waals surface area (Å²) in [5, 5.41) is 6.03. The molecule has 0 bridgehead atoms. The molecule has 4 amide bonds. The third kappa shape index (κ3) is 5.23. The first-order chi connectivity index (χ1) is 15.9. The number of anilines is 1. The van der Waals surface area contributed by atoms with Crippen molar-refractivity contribution in [3.8, 4) is 11.5 Å². The van der Waals surface area contributed by atoms with Crippen molar-refractivity contribution >= 4 is 17.7 Å². The number of imide groups is 1. The summed E-state index contributed by atoms with van der Waals surface area (Å²) in [4.78, 5) is 28.4. The third-order valence-corrected chi connectivity index (χ3v) is 5.16. The van der Waals surface area contributed by atoms with E-state index in [0.29, 0.717) is 11.4 Å². The minimum Gasteiger partial charge on any atom is -0.457 e. The number of amides is 4. The van der Waals surface area contributed by atoms with Crippen LogP contribution in [0.1, 0.15) is 19.4 Å². The first kappa shape index (κ1) is 22.1. The number of nitrogens with zero attached hydrogens (tertiary/aromatic N) is 2. The molecule has 0 radical (unpaired) electrons. The van der Waals surface area contributed by atoms with E-state index >= 15 is 0 Å². The van der Waals surface area contributed by atoms with Crippen LogP contribution in [-0.4, -0.2) is 34.2 Å². The van der Waals surface area contributed by atoms with Gasteiger partial charge in [0.25, 0.3) is 0 Å². The van der Waals surface area contributed by atoms with Crippen LogP contribution < -0.4 is 15.4 Å².